The number of carbonyl (C=O) groups is 1. The first kappa shape index (κ1) is 14.2. The standard InChI is InChI=1S/C17H24N2O2/c1-2-21-16-8-7-13(9-15(16)18)17(20)19-10-14(11-3-4-11)12-5-6-12/h7-9,11-12,14H,2-6,10,18H2,1H3,(H,19,20). The maximum absolute atomic E-state index is 12.2. The number of nitrogen functional groups attached to an aromatic ring is 1. The van der Waals surface area contributed by atoms with E-state index in [-0.39, 0.29) is 5.91 Å². The van der Waals surface area contributed by atoms with Crippen molar-refractivity contribution < 1.29 is 9.53 Å². The zero-order valence-corrected chi connectivity index (χ0v) is 12.6. The number of hydrogen-bond acceptors (Lipinski definition) is 3. The number of amides is 1. The Labute approximate surface area is 126 Å². The van der Waals surface area contributed by atoms with Gasteiger partial charge in [-0.1, -0.05) is 0 Å². The molecule has 3 N–H and O–H groups in total. The second kappa shape index (κ2) is 5.96. The predicted molar refractivity (Wildman–Crippen MR) is 83.3 cm³/mol. The van der Waals surface area contributed by atoms with Crippen LogP contribution in [-0.4, -0.2) is 19.1 Å². The van der Waals surface area contributed by atoms with Gasteiger partial charge in [-0.3, -0.25) is 4.79 Å². The highest BCUT2D eigenvalue weighted by molar-refractivity contribution is 5.95. The Bertz CT molecular complexity index is 510. The number of benzene rings is 1. The summed E-state index contributed by atoms with van der Waals surface area (Å²) in [7, 11) is 0. The monoisotopic (exact) mass is 288 g/mol. The Morgan fingerprint density at radius 2 is 2.00 bits per heavy atom. The third kappa shape index (κ3) is 3.49. The van der Waals surface area contributed by atoms with Gasteiger partial charge in [0.1, 0.15) is 5.75 Å². The van der Waals surface area contributed by atoms with Gasteiger partial charge < -0.3 is 15.8 Å². The molecule has 0 unspecified atom stereocenters. The topological polar surface area (TPSA) is 64.3 Å². The molecule has 0 atom stereocenters. The van der Waals surface area contributed by atoms with Crippen molar-refractivity contribution in [3.05, 3.63) is 23.8 Å². The van der Waals surface area contributed by atoms with Gasteiger partial charge in [0.2, 0.25) is 0 Å². The van der Waals surface area contributed by atoms with E-state index in [1.54, 1.807) is 18.2 Å². The summed E-state index contributed by atoms with van der Waals surface area (Å²) in [5, 5.41) is 3.09. The molecule has 3 rings (SSSR count). The fourth-order valence-corrected chi connectivity index (χ4v) is 3.06. The van der Waals surface area contributed by atoms with E-state index >= 15 is 0 Å². The fourth-order valence-electron chi connectivity index (χ4n) is 3.06. The normalized spacial score (nSPS) is 17.8. The van der Waals surface area contributed by atoms with Crippen LogP contribution in [0.2, 0.25) is 0 Å². The highest BCUT2D eigenvalue weighted by atomic mass is 16.5. The Kier molecular flexibility index (Phi) is 4.04. The van der Waals surface area contributed by atoms with E-state index in [0.29, 0.717) is 29.5 Å². The maximum atomic E-state index is 12.2. The van der Waals surface area contributed by atoms with Gasteiger partial charge in [0, 0.05) is 12.1 Å². The van der Waals surface area contributed by atoms with Crippen LogP contribution in [0.4, 0.5) is 5.69 Å². The maximum Gasteiger partial charge on any atom is 0.251 e. The van der Waals surface area contributed by atoms with Gasteiger partial charge in [-0.2, -0.15) is 0 Å². The quantitative estimate of drug-likeness (QED) is 0.758. The molecule has 0 bridgehead atoms. The van der Waals surface area contributed by atoms with Gasteiger partial charge in [0.05, 0.1) is 12.3 Å². The average Bonchev–Trinajstić information content (AvgIpc) is 3.35. The molecule has 2 aliphatic rings. The number of nitrogens with two attached hydrogens (primary N) is 1. The Hall–Kier alpha value is -1.71. The van der Waals surface area contributed by atoms with Gasteiger partial charge in [0.25, 0.3) is 5.91 Å². The Morgan fingerprint density at radius 3 is 2.52 bits per heavy atom. The van der Waals surface area contributed by atoms with E-state index in [1.807, 2.05) is 6.92 Å². The minimum atomic E-state index is -0.0314. The predicted octanol–water partition coefficient (Wildman–Crippen LogP) is 2.83. The summed E-state index contributed by atoms with van der Waals surface area (Å²) in [4.78, 5) is 12.2. The molecule has 0 radical (unpaired) electrons. The number of hydrogen-bond donors (Lipinski definition) is 2. The lowest BCUT2D eigenvalue weighted by Crippen LogP contribution is -2.31. The van der Waals surface area contributed by atoms with E-state index in [9.17, 15) is 4.79 Å². The molecular weight excluding hydrogens is 264 g/mol. The Morgan fingerprint density at radius 1 is 1.33 bits per heavy atom. The molecule has 114 valence electrons. The van der Waals surface area contributed by atoms with Crippen molar-refractivity contribution in [2.75, 3.05) is 18.9 Å². The average molecular weight is 288 g/mol. The number of nitrogens with one attached hydrogen (secondary N) is 1. The van der Waals surface area contributed by atoms with Crippen LogP contribution in [0.1, 0.15) is 43.0 Å². The first-order valence-electron chi connectivity index (χ1n) is 7.99. The van der Waals surface area contributed by atoms with E-state index < -0.39 is 0 Å². The SMILES string of the molecule is CCOc1ccc(C(=O)NCC(C2CC2)C2CC2)cc1N. The lowest BCUT2D eigenvalue weighted by Gasteiger charge is -2.16. The first-order valence-corrected chi connectivity index (χ1v) is 7.99. The fraction of sp³-hybridized carbons (Fsp3) is 0.588. The van der Waals surface area contributed by atoms with Crippen LogP contribution in [0, 0.1) is 17.8 Å². The first-order chi connectivity index (χ1) is 10.2. The molecule has 1 aromatic carbocycles. The van der Waals surface area contributed by atoms with Crippen molar-refractivity contribution in [1.82, 2.24) is 5.32 Å². The van der Waals surface area contributed by atoms with Gasteiger partial charge in [-0.05, 0) is 68.6 Å². The smallest absolute Gasteiger partial charge is 0.251 e. The van der Waals surface area contributed by atoms with Crippen molar-refractivity contribution in [3.63, 3.8) is 0 Å². The molecular formula is C17H24N2O2. The zero-order chi connectivity index (χ0) is 14.8. The molecule has 2 aliphatic carbocycles. The van der Waals surface area contributed by atoms with Crippen molar-refractivity contribution in [2.45, 2.75) is 32.6 Å². The zero-order valence-electron chi connectivity index (χ0n) is 12.6. The largest absolute Gasteiger partial charge is 0.492 e. The summed E-state index contributed by atoms with van der Waals surface area (Å²) in [6.07, 6.45) is 5.36. The number of carbonyl (C=O) groups excluding carboxylic acids is 1. The van der Waals surface area contributed by atoms with Gasteiger partial charge >= 0.3 is 0 Å². The third-order valence-electron chi connectivity index (χ3n) is 4.53. The van der Waals surface area contributed by atoms with Crippen LogP contribution in [0.25, 0.3) is 0 Å². The molecule has 1 aromatic rings. The van der Waals surface area contributed by atoms with Crippen LogP contribution in [0.3, 0.4) is 0 Å². The summed E-state index contributed by atoms with van der Waals surface area (Å²) in [5.74, 6) is 3.00. The van der Waals surface area contributed by atoms with Crippen LogP contribution in [0.5, 0.6) is 5.75 Å². The molecule has 2 saturated carbocycles. The van der Waals surface area contributed by atoms with E-state index in [2.05, 4.69) is 5.32 Å². The number of ether oxygens (including phenoxy) is 1. The lowest BCUT2D eigenvalue weighted by molar-refractivity contribution is 0.0943. The van der Waals surface area contributed by atoms with Gasteiger partial charge in [0.15, 0.2) is 0 Å². The second-order valence-electron chi connectivity index (χ2n) is 6.23. The van der Waals surface area contributed by atoms with E-state index in [0.717, 1.165) is 18.4 Å². The number of anilines is 1. The highest BCUT2D eigenvalue weighted by Gasteiger charge is 2.41. The molecule has 4 nitrogen and oxygen atoms in total. The lowest BCUT2D eigenvalue weighted by atomic mass is 9.98. The van der Waals surface area contributed by atoms with Crippen molar-refractivity contribution >= 4 is 11.6 Å². The second-order valence-corrected chi connectivity index (χ2v) is 6.23. The summed E-state index contributed by atoms with van der Waals surface area (Å²) >= 11 is 0. The van der Waals surface area contributed by atoms with Crippen LogP contribution in [0.15, 0.2) is 18.2 Å². The minimum Gasteiger partial charge on any atom is -0.492 e. The summed E-state index contributed by atoms with van der Waals surface area (Å²) in [6.45, 7) is 3.29. The number of rotatable bonds is 7. The van der Waals surface area contributed by atoms with Gasteiger partial charge in [-0.25, -0.2) is 0 Å². The highest BCUT2D eigenvalue weighted by Crippen LogP contribution is 2.48. The summed E-state index contributed by atoms with van der Waals surface area (Å²) in [5.41, 5.74) is 7.04. The van der Waals surface area contributed by atoms with Crippen LogP contribution < -0.4 is 15.8 Å². The van der Waals surface area contributed by atoms with Crippen LogP contribution >= 0.6 is 0 Å². The molecule has 0 heterocycles. The third-order valence-corrected chi connectivity index (χ3v) is 4.53. The van der Waals surface area contributed by atoms with E-state index in [4.69, 9.17) is 10.5 Å². The van der Waals surface area contributed by atoms with Gasteiger partial charge in [-0.15, -0.1) is 0 Å². The molecule has 0 saturated heterocycles. The van der Waals surface area contributed by atoms with Crippen molar-refractivity contribution in [1.29, 1.82) is 0 Å². The molecule has 4 heteroatoms. The molecule has 0 aliphatic heterocycles. The molecule has 21 heavy (non-hydrogen) atoms. The van der Waals surface area contributed by atoms with E-state index in [1.165, 1.54) is 25.7 Å². The van der Waals surface area contributed by atoms with Crippen molar-refractivity contribution in [3.8, 4) is 5.75 Å². The van der Waals surface area contributed by atoms with Crippen molar-refractivity contribution in [2.24, 2.45) is 17.8 Å². The molecule has 0 spiro atoms. The molecule has 1 amide bonds. The molecule has 0 aromatic heterocycles. The summed E-state index contributed by atoms with van der Waals surface area (Å²) in [6, 6.07) is 5.25. The van der Waals surface area contributed by atoms with Crippen LogP contribution in [-0.2, 0) is 0 Å². The minimum absolute atomic E-state index is 0.0314. The Balaban J connectivity index is 1.58. The molecule has 2 fully saturated rings. The summed E-state index contributed by atoms with van der Waals surface area (Å²) < 4.78 is 5.39.